The van der Waals surface area contributed by atoms with E-state index in [2.05, 4.69) is 53.1 Å². The van der Waals surface area contributed by atoms with Crippen LogP contribution in [0.5, 0.6) is 0 Å². The van der Waals surface area contributed by atoms with Crippen molar-refractivity contribution in [2.45, 2.75) is 58.9 Å². The lowest BCUT2D eigenvalue weighted by Crippen LogP contribution is -2.32. The first-order valence-corrected chi connectivity index (χ1v) is 10.9. The second-order valence-electron chi connectivity index (χ2n) is 7.64. The van der Waals surface area contributed by atoms with Crippen molar-refractivity contribution in [3.63, 3.8) is 0 Å². The van der Waals surface area contributed by atoms with Gasteiger partial charge in [0, 0.05) is 31.4 Å². The molecule has 2 aromatic rings. The van der Waals surface area contributed by atoms with Gasteiger partial charge in [0.2, 0.25) is 0 Å². The van der Waals surface area contributed by atoms with Gasteiger partial charge >= 0.3 is 0 Å². The van der Waals surface area contributed by atoms with Crippen molar-refractivity contribution < 1.29 is 4.79 Å². The van der Waals surface area contributed by atoms with Gasteiger partial charge < -0.3 is 10.2 Å². The molecule has 28 heavy (non-hydrogen) atoms. The Morgan fingerprint density at radius 3 is 2.79 bits per heavy atom. The molecule has 0 aliphatic heterocycles. The first-order valence-electron chi connectivity index (χ1n) is 10.1. The van der Waals surface area contributed by atoms with Crippen LogP contribution in [-0.4, -0.2) is 41.8 Å². The van der Waals surface area contributed by atoms with Crippen LogP contribution in [0, 0.1) is 13.8 Å². The number of aliphatic imine (C=N–C) groups is 1. The molecule has 1 heterocycles. The smallest absolute Gasteiger partial charge is 0.270 e. The van der Waals surface area contributed by atoms with Crippen molar-refractivity contribution in [3.8, 4) is 0 Å². The van der Waals surface area contributed by atoms with Crippen LogP contribution >= 0.6 is 11.3 Å². The molecule has 150 valence electrons. The minimum Gasteiger partial charge on any atom is -0.366 e. The third kappa shape index (κ3) is 5.19. The monoisotopic (exact) mass is 398 g/mol. The van der Waals surface area contributed by atoms with E-state index in [0.717, 1.165) is 42.1 Å². The summed E-state index contributed by atoms with van der Waals surface area (Å²) >= 11 is 1.56. The molecule has 0 saturated heterocycles. The molecule has 1 fully saturated rings. The molecule has 0 atom stereocenters. The van der Waals surface area contributed by atoms with Crippen molar-refractivity contribution in [1.82, 2.24) is 15.2 Å². The summed E-state index contributed by atoms with van der Waals surface area (Å²) in [5.74, 6) is -0.0352. The summed E-state index contributed by atoms with van der Waals surface area (Å²) in [5.41, 5.74) is 5.13. The average molecular weight is 399 g/mol. The van der Waals surface area contributed by atoms with E-state index in [0.29, 0.717) is 11.7 Å². The minimum atomic E-state index is -0.0352. The van der Waals surface area contributed by atoms with Crippen molar-refractivity contribution in [2.75, 3.05) is 13.6 Å². The van der Waals surface area contributed by atoms with E-state index in [-0.39, 0.29) is 5.91 Å². The fourth-order valence-electron chi connectivity index (χ4n) is 3.42. The van der Waals surface area contributed by atoms with Gasteiger partial charge in [0.25, 0.3) is 5.91 Å². The lowest BCUT2D eigenvalue weighted by Gasteiger charge is -2.11. The first kappa shape index (κ1) is 20.5. The predicted molar refractivity (Wildman–Crippen MR) is 117 cm³/mol. The van der Waals surface area contributed by atoms with Gasteiger partial charge in [-0.15, -0.1) is 11.3 Å². The van der Waals surface area contributed by atoms with E-state index in [1.54, 1.807) is 11.3 Å². The Labute approximate surface area is 171 Å². The van der Waals surface area contributed by atoms with Crippen LogP contribution < -0.4 is 5.32 Å². The van der Waals surface area contributed by atoms with E-state index >= 15 is 0 Å². The third-order valence-corrected chi connectivity index (χ3v) is 6.21. The molecule has 1 saturated carbocycles. The Bertz CT molecular complexity index is 852. The maximum Gasteiger partial charge on any atom is 0.270 e. The van der Waals surface area contributed by atoms with Crippen LogP contribution in [-0.2, 0) is 6.42 Å². The van der Waals surface area contributed by atoms with Crippen LogP contribution in [0.2, 0.25) is 0 Å². The number of rotatable bonds is 7. The molecule has 6 heteroatoms. The maximum atomic E-state index is 12.4. The molecular formula is C22H30N4OS. The summed E-state index contributed by atoms with van der Waals surface area (Å²) in [4.78, 5) is 23.6. The highest BCUT2D eigenvalue weighted by atomic mass is 32.1. The van der Waals surface area contributed by atoms with Crippen LogP contribution in [0.4, 0.5) is 5.69 Å². The number of hydrogen-bond acceptors (Lipinski definition) is 4. The number of aryl methyl sites for hydroxylation is 2. The number of nitrogens with zero attached hydrogens (tertiary/aromatic N) is 3. The molecule has 0 radical (unpaired) electrons. The zero-order valence-corrected chi connectivity index (χ0v) is 18.1. The second-order valence-corrected chi connectivity index (χ2v) is 8.58. The average Bonchev–Trinajstić information content (AvgIpc) is 3.35. The molecule has 1 aromatic heterocycles. The highest BCUT2D eigenvalue weighted by Gasteiger charge is 2.19. The molecule has 5 nitrogen and oxygen atoms in total. The zero-order chi connectivity index (χ0) is 20.1. The van der Waals surface area contributed by atoms with Crippen LogP contribution in [0.15, 0.2) is 22.5 Å². The normalized spacial score (nSPS) is 14.7. The summed E-state index contributed by atoms with van der Waals surface area (Å²) in [6.07, 6.45) is 7.21. The van der Waals surface area contributed by atoms with E-state index in [1.807, 2.05) is 18.8 Å². The molecule has 1 aliphatic carbocycles. The van der Waals surface area contributed by atoms with Gasteiger partial charge in [0.1, 0.15) is 5.69 Å². The molecule has 3 rings (SSSR count). The molecular weight excluding hydrogens is 368 g/mol. The molecule has 0 unspecified atom stereocenters. The lowest BCUT2D eigenvalue weighted by atomic mass is 10.0. The van der Waals surface area contributed by atoms with Gasteiger partial charge in [-0.1, -0.05) is 18.9 Å². The largest absolute Gasteiger partial charge is 0.366 e. The Morgan fingerprint density at radius 2 is 2.07 bits per heavy atom. The Morgan fingerprint density at radius 1 is 1.32 bits per heavy atom. The number of nitrogens with one attached hydrogen (secondary N) is 1. The SMILES string of the molecule is CCN(C)/C=N/c1cc(C)c(Cc2nc(C(=O)NC3CCCC3)cs2)cc1C. The predicted octanol–water partition coefficient (Wildman–Crippen LogP) is 4.63. The number of hydrogen-bond donors (Lipinski definition) is 1. The highest BCUT2D eigenvalue weighted by Crippen LogP contribution is 2.26. The molecule has 1 aliphatic rings. The van der Waals surface area contributed by atoms with E-state index in [1.165, 1.54) is 24.0 Å². The molecule has 1 amide bonds. The van der Waals surface area contributed by atoms with Crippen molar-refractivity contribution in [1.29, 1.82) is 0 Å². The summed E-state index contributed by atoms with van der Waals surface area (Å²) in [6, 6.07) is 4.64. The lowest BCUT2D eigenvalue weighted by molar-refractivity contribution is 0.0933. The molecule has 1 N–H and O–H groups in total. The standard InChI is InChI=1S/C22H30N4OS/c1-5-26(4)14-23-19-11-15(2)17(10-16(19)3)12-21-25-20(13-28-21)22(27)24-18-8-6-7-9-18/h10-11,13-14,18H,5-9,12H2,1-4H3,(H,24,27)/b23-14+. The van der Waals surface area contributed by atoms with Gasteiger partial charge in [0.15, 0.2) is 0 Å². The van der Waals surface area contributed by atoms with Gasteiger partial charge in [-0.3, -0.25) is 4.79 Å². The van der Waals surface area contributed by atoms with E-state index in [9.17, 15) is 4.79 Å². The number of benzene rings is 1. The summed E-state index contributed by atoms with van der Waals surface area (Å²) < 4.78 is 0. The summed E-state index contributed by atoms with van der Waals surface area (Å²) in [5, 5.41) is 5.96. The Kier molecular flexibility index (Phi) is 6.83. The fourth-order valence-corrected chi connectivity index (χ4v) is 4.22. The molecule has 0 bridgehead atoms. The molecule has 1 aromatic carbocycles. The number of carbonyl (C=O) groups is 1. The van der Waals surface area contributed by atoms with E-state index in [4.69, 9.17) is 0 Å². The highest BCUT2D eigenvalue weighted by molar-refractivity contribution is 7.09. The van der Waals surface area contributed by atoms with Crippen LogP contribution in [0.1, 0.15) is 64.8 Å². The minimum absolute atomic E-state index is 0.0352. The van der Waals surface area contributed by atoms with Crippen LogP contribution in [0.25, 0.3) is 0 Å². The van der Waals surface area contributed by atoms with Gasteiger partial charge in [-0.05, 0) is 56.4 Å². The van der Waals surface area contributed by atoms with Crippen molar-refractivity contribution in [3.05, 3.63) is 44.9 Å². The number of carbonyl (C=O) groups excluding carboxylic acids is 1. The van der Waals surface area contributed by atoms with Crippen molar-refractivity contribution in [2.24, 2.45) is 4.99 Å². The maximum absolute atomic E-state index is 12.4. The quantitative estimate of drug-likeness (QED) is 0.546. The van der Waals surface area contributed by atoms with Gasteiger partial charge in [-0.25, -0.2) is 9.98 Å². The number of amides is 1. The van der Waals surface area contributed by atoms with Crippen molar-refractivity contribution >= 4 is 29.3 Å². The third-order valence-electron chi connectivity index (χ3n) is 5.36. The summed E-state index contributed by atoms with van der Waals surface area (Å²) in [7, 11) is 2.02. The fraction of sp³-hybridized carbons (Fsp3) is 0.500. The second kappa shape index (κ2) is 9.32. The van der Waals surface area contributed by atoms with Gasteiger partial charge in [-0.2, -0.15) is 0 Å². The Hall–Kier alpha value is -2.21. The topological polar surface area (TPSA) is 57.6 Å². The Balaban J connectivity index is 1.68. The van der Waals surface area contributed by atoms with Gasteiger partial charge in [0.05, 0.1) is 17.0 Å². The number of aromatic nitrogens is 1. The van der Waals surface area contributed by atoms with E-state index < -0.39 is 0 Å². The summed E-state index contributed by atoms with van der Waals surface area (Å²) in [6.45, 7) is 7.23. The molecule has 0 spiro atoms. The van der Waals surface area contributed by atoms with Crippen LogP contribution in [0.3, 0.4) is 0 Å². The zero-order valence-electron chi connectivity index (χ0n) is 17.3. The number of thiazole rings is 1. The first-order chi connectivity index (χ1) is 13.5.